The number of nitrogens with zero attached hydrogens (tertiary/aromatic N) is 1. The van der Waals surface area contributed by atoms with Gasteiger partial charge in [0.2, 0.25) is 5.91 Å². The maximum atomic E-state index is 11.7. The first-order valence-corrected chi connectivity index (χ1v) is 7.55. The molecule has 0 bridgehead atoms. The van der Waals surface area contributed by atoms with E-state index in [0.29, 0.717) is 0 Å². The lowest BCUT2D eigenvalue weighted by atomic mass is 9.93. The zero-order valence-corrected chi connectivity index (χ0v) is 13.3. The average molecular weight is 255 g/mol. The minimum Gasteiger partial charge on any atom is -0.349 e. The maximum absolute atomic E-state index is 11.7. The molecule has 0 heterocycles. The third-order valence-corrected chi connectivity index (χ3v) is 3.67. The van der Waals surface area contributed by atoms with Crippen molar-refractivity contribution < 1.29 is 4.79 Å². The Labute approximate surface area is 114 Å². The van der Waals surface area contributed by atoms with Gasteiger partial charge < -0.3 is 4.90 Å². The van der Waals surface area contributed by atoms with Crippen molar-refractivity contribution in [1.29, 1.82) is 0 Å². The summed E-state index contributed by atoms with van der Waals surface area (Å²) in [6, 6.07) is 0. The second-order valence-electron chi connectivity index (χ2n) is 6.49. The largest absolute Gasteiger partial charge is 0.349 e. The van der Waals surface area contributed by atoms with Crippen LogP contribution in [-0.2, 0) is 4.79 Å². The minimum atomic E-state index is 0.183. The molecule has 0 fully saturated rings. The molecule has 2 heteroatoms. The van der Waals surface area contributed by atoms with Crippen LogP contribution >= 0.6 is 0 Å². The molecule has 0 spiro atoms. The van der Waals surface area contributed by atoms with E-state index in [2.05, 4.69) is 20.8 Å². The summed E-state index contributed by atoms with van der Waals surface area (Å²) in [6.45, 7) is 8.98. The number of carbonyl (C=O) groups is 1. The molecule has 0 saturated heterocycles. The molecule has 2 atom stereocenters. The fraction of sp³-hybridized carbons (Fsp3) is 0.938. The van der Waals surface area contributed by atoms with Crippen molar-refractivity contribution in [1.82, 2.24) is 4.90 Å². The lowest BCUT2D eigenvalue weighted by Gasteiger charge is -2.17. The van der Waals surface area contributed by atoms with Gasteiger partial charge in [-0.25, -0.2) is 0 Å². The van der Waals surface area contributed by atoms with E-state index >= 15 is 0 Å². The molecule has 0 aromatic heterocycles. The summed E-state index contributed by atoms with van der Waals surface area (Å²) in [5.41, 5.74) is 0. The topological polar surface area (TPSA) is 20.3 Å². The van der Waals surface area contributed by atoms with E-state index in [9.17, 15) is 4.79 Å². The molecule has 108 valence electrons. The Morgan fingerprint density at radius 1 is 0.889 bits per heavy atom. The van der Waals surface area contributed by atoms with Gasteiger partial charge in [-0.15, -0.1) is 0 Å². The van der Waals surface area contributed by atoms with Crippen LogP contribution < -0.4 is 0 Å². The van der Waals surface area contributed by atoms with Gasteiger partial charge in [0.15, 0.2) is 0 Å². The van der Waals surface area contributed by atoms with Gasteiger partial charge in [-0.05, 0) is 18.3 Å². The molecule has 0 N–H and O–H groups in total. The van der Waals surface area contributed by atoms with Crippen LogP contribution in [-0.4, -0.2) is 24.9 Å². The first-order valence-electron chi connectivity index (χ1n) is 7.55. The van der Waals surface area contributed by atoms with Crippen LogP contribution in [0.25, 0.3) is 0 Å². The van der Waals surface area contributed by atoms with E-state index in [0.717, 1.165) is 18.3 Å². The van der Waals surface area contributed by atoms with E-state index < -0.39 is 0 Å². The van der Waals surface area contributed by atoms with Crippen molar-refractivity contribution in [3.05, 3.63) is 0 Å². The van der Waals surface area contributed by atoms with Crippen LogP contribution in [0.15, 0.2) is 0 Å². The molecule has 0 aliphatic rings. The fourth-order valence-electron chi connectivity index (χ4n) is 2.36. The fourth-order valence-corrected chi connectivity index (χ4v) is 2.36. The first-order chi connectivity index (χ1) is 8.34. The number of carbonyl (C=O) groups excluding carboxylic acids is 1. The van der Waals surface area contributed by atoms with Gasteiger partial charge in [-0.1, -0.05) is 59.8 Å². The Balaban J connectivity index is 3.61. The minimum absolute atomic E-state index is 0.183. The predicted molar refractivity (Wildman–Crippen MR) is 79.6 cm³/mol. The molecule has 0 unspecified atom stereocenters. The summed E-state index contributed by atoms with van der Waals surface area (Å²) in [5.74, 6) is 2.09. The number of hydrogen-bond acceptors (Lipinski definition) is 1. The summed E-state index contributed by atoms with van der Waals surface area (Å²) in [5, 5.41) is 0. The molecular formula is C16H33NO. The molecule has 0 aliphatic heterocycles. The third-order valence-electron chi connectivity index (χ3n) is 3.67. The number of rotatable bonds is 9. The highest BCUT2D eigenvalue weighted by molar-refractivity contribution is 5.77. The Morgan fingerprint density at radius 2 is 1.39 bits per heavy atom. The predicted octanol–water partition coefficient (Wildman–Crippen LogP) is 4.34. The van der Waals surface area contributed by atoms with Crippen LogP contribution in [0.4, 0.5) is 0 Å². The Morgan fingerprint density at radius 3 is 1.83 bits per heavy atom. The molecular weight excluding hydrogens is 222 g/mol. The molecule has 0 saturated carbocycles. The molecule has 0 aromatic carbocycles. The smallest absolute Gasteiger partial charge is 0.224 e. The SMILES string of the molecule is CC(C)CCC[C@@H](C)CCC[C@H](C)C(=O)N(C)C. The van der Waals surface area contributed by atoms with Crippen molar-refractivity contribution in [3.8, 4) is 0 Å². The van der Waals surface area contributed by atoms with Gasteiger partial charge in [-0.2, -0.15) is 0 Å². The molecule has 1 amide bonds. The number of amides is 1. The summed E-state index contributed by atoms with van der Waals surface area (Å²) < 4.78 is 0. The van der Waals surface area contributed by atoms with E-state index in [4.69, 9.17) is 0 Å². The van der Waals surface area contributed by atoms with Crippen molar-refractivity contribution in [2.75, 3.05) is 14.1 Å². The standard InChI is InChI=1S/C16H33NO/c1-13(2)9-7-10-14(3)11-8-12-15(4)16(18)17(5)6/h13-15H,7-12H2,1-6H3/t14-,15+/m1/s1. The van der Waals surface area contributed by atoms with Gasteiger partial charge in [0.1, 0.15) is 0 Å². The van der Waals surface area contributed by atoms with Crippen LogP contribution in [0.2, 0.25) is 0 Å². The molecule has 0 aromatic rings. The van der Waals surface area contributed by atoms with Gasteiger partial charge in [0, 0.05) is 20.0 Å². The highest BCUT2D eigenvalue weighted by Gasteiger charge is 2.14. The van der Waals surface area contributed by atoms with Gasteiger partial charge >= 0.3 is 0 Å². The van der Waals surface area contributed by atoms with Gasteiger partial charge in [0.05, 0.1) is 0 Å². The zero-order valence-electron chi connectivity index (χ0n) is 13.3. The van der Waals surface area contributed by atoms with E-state index in [1.54, 1.807) is 4.90 Å². The van der Waals surface area contributed by atoms with E-state index in [-0.39, 0.29) is 11.8 Å². The Kier molecular flexibility index (Phi) is 9.13. The highest BCUT2D eigenvalue weighted by atomic mass is 16.2. The van der Waals surface area contributed by atoms with E-state index in [1.807, 2.05) is 21.0 Å². The Hall–Kier alpha value is -0.530. The highest BCUT2D eigenvalue weighted by Crippen LogP contribution is 2.19. The normalized spacial score (nSPS) is 14.6. The van der Waals surface area contributed by atoms with Crippen molar-refractivity contribution in [2.45, 2.75) is 66.2 Å². The van der Waals surface area contributed by atoms with Crippen molar-refractivity contribution >= 4 is 5.91 Å². The van der Waals surface area contributed by atoms with Crippen LogP contribution in [0.1, 0.15) is 66.2 Å². The molecule has 0 rings (SSSR count). The quantitative estimate of drug-likeness (QED) is 0.600. The summed E-state index contributed by atoms with van der Waals surface area (Å²) in [6.07, 6.45) is 7.53. The lowest BCUT2D eigenvalue weighted by molar-refractivity contribution is -0.132. The molecule has 0 radical (unpaired) electrons. The molecule has 0 aliphatic carbocycles. The van der Waals surface area contributed by atoms with Crippen molar-refractivity contribution in [2.24, 2.45) is 17.8 Å². The summed E-state index contributed by atoms with van der Waals surface area (Å²) in [7, 11) is 3.68. The molecule has 18 heavy (non-hydrogen) atoms. The van der Waals surface area contributed by atoms with Crippen molar-refractivity contribution in [3.63, 3.8) is 0 Å². The maximum Gasteiger partial charge on any atom is 0.224 e. The lowest BCUT2D eigenvalue weighted by Crippen LogP contribution is -2.27. The van der Waals surface area contributed by atoms with E-state index in [1.165, 1.54) is 32.1 Å². The van der Waals surface area contributed by atoms with Gasteiger partial charge in [0.25, 0.3) is 0 Å². The summed E-state index contributed by atoms with van der Waals surface area (Å²) >= 11 is 0. The monoisotopic (exact) mass is 255 g/mol. The Bertz CT molecular complexity index is 223. The average Bonchev–Trinajstić information content (AvgIpc) is 2.27. The van der Waals surface area contributed by atoms with Gasteiger partial charge in [-0.3, -0.25) is 4.79 Å². The zero-order chi connectivity index (χ0) is 14.1. The van der Waals surface area contributed by atoms with Crippen LogP contribution in [0.5, 0.6) is 0 Å². The number of hydrogen-bond donors (Lipinski definition) is 0. The second kappa shape index (κ2) is 9.41. The second-order valence-corrected chi connectivity index (χ2v) is 6.49. The first kappa shape index (κ1) is 17.5. The van der Waals surface area contributed by atoms with Crippen LogP contribution in [0, 0.1) is 17.8 Å². The third kappa shape index (κ3) is 8.54. The summed E-state index contributed by atoms with van der Waals surface area (Å²) in [4.78, 5) is 13.4. The molecule has 2 nitrogen and oxygen atoms in total. The van der Waals surface area contributed by atoms with Crippen LogP contribution in [0.3, 0.4) is 0 Å².